The molecular weight excluding hydrogens is 129 g/mol. The molecular formula is C8H6FN. The largest absolute Gasteiger partial charge is 0.366 e. The van der Waals surface area contributed by atoms with Crippen LogP contribution in [0.5, 0.6) is 0 Å². The average Bonchev–Trinajstić information content (AvgIpc) is 2.33. The zero-order chi connectivity index (χ0) is 6.97. The van der Waals surface area contributed by atoms with E-state index in [0.29, 0.717) is 0 Å². The molecule has 1 heterocycles. The lowest BCUT2D eigenvalue weighted by Gasteiger charge is -1.86. The Labute approximate surface area is 57.5 Å². The van der Waals surface area contributed by atoms with E-state index in [1.54, 1.807) is 12.3 Å². The Hall–Kier alpha value is -1.31. The van der Waals surface area contributed by atoms with Crippen LogP contribution in [0, 0.1) is 5.82 Å². The molecule has 0 amide bonds. The monoisotopic (exact) mass is 135 g/mol. The van der Waals surface area contributed by atoms with Crippen LogP contribution >= 0.6 is 0 Å². The highest BCUT2D eigenvalue weighted by Gasteiger charge is 1.93. The molecule has 1 aromatic carbocycles. The van der Waals surface area contributed by atoms with Crippen LogP contribution in [0.1, 0.15) is 0 Å². The fourth-order valence-corrected chi connectivity index (χ4v) is 1.02. The van der Waals surface area contributed by atoms with Gasteiger partial charge in [0.2, 0.25) is 0 Å². The number of fused-ring (bicyclic) bond motifs is 1. The summed E-state index contributed by atoms with van der Waals surface area (Å²) in [6.07, 6.45) is 3.62. The van der Waals surface area contributed by atoms with E-state index in [-0.39, 0.29) is 5.82 Å². The van der Waals surface area contributed by atoms with Crippen LogP contribution in [0.15, 0.2) is 30.6 Å². The van der Waals surface area contributed by atoms with Crippen LogP contribution in [0.2, 0.25) is 0 Å². The first-order valence-corrected chi connectivity index (χ1v) is 3.08. The molecule has 0 saturated heterocycles. The third-order valence-electron chi connectivity index (χ3n) is 1.53. The van der Waals surface area contributed by atoms with Gasteiger partial charge in [-0.3, -0.25) is 0 Å². The highest BCUT2D eigenvalue weighted by molar-refractivity contribution is 5.81. The fraction of sp³-hybridized carbons (Fsp3) is 0. The van der Waals surface area contributed by atoms with Gasteiger partial charge in [0.15, 0.2) is 0 Å². The van der Waals surface area contributed by atoms with Gasteiger partial charge < -0.3 is 4.98 Å². The van der Waals surface area contributed by atoms with Gasteiger partial charge in [0.25, 0.3) is 0 Å². The van der Waals surface area contributed by atoms with Crippen molar-refractivity contribution in [2.24, 2.45) is 0 Å². The number of benzene rings is 1. The van der Waals surface area contributed by atoms with Crippen molar-refractivity contribution in [3.8, 4) is 0 Å². The van der Waals surface area contributed by atoms with Crippen LogP contribution in [0.4, 0.5) is 4.39 Å². The van der Waals surface area contributed by atoms with Crippen LogP contribution in [-0.2, 0) is 0 Å². The van der Waals surface area contributed by atoms with Crippen molar-refractivity contribution in [3.63, 3.8) is 0 Å². The standard InChI is InChI=1S/C8H6FN/c9-8-2-1-6-4-10-5-7(6)3-8/h1-5,10H. The van der Waals surface area contributed by atoms with Gasteiger partial charge in [-0.2, -0.15) is 0 Å². The van der Waals surface area contributed by atoms with E-state index in [9.17, 15) is 4.39 Å². The predicted octanol–water partition coefficient (Wildman–Crippen LogP) is 2.31. The van der Waals surface area contributed by atoms with Crippen molar-refractivity contribution in [2.75, 3.05) is 0 Å². The molecule has 0 radical (unpaired) electrons. The summed E-state index contributed by atoms with van der Waals surface area (Å²) >= 11 is 0. The van der Waals surface area contributed by atoms with Crippen molar-refractivity contribution in [3.05, 3.63) is 36.4 Å². The van der Waals surface area contributed by atoms with Crippen molar-refractivity contribution in [1.82, 2.24) is 4.98 Å². The second-order valence-electron chi connectivity index (χ2n) is 2.23. The minimum atomic E-state index is -0.188. The third-order valence-corrected chi connectivity index (χ3v) is 1.53. The maximum atomic E-state index is 12.5. The highest BCUT2D eigenvalue weighted by atomic mass is 19.1. The van der Waals surface area contributed by atoms with Crippen molar-refractivity contribution in [1.29, 1.82) is 0 Å². The summed E-state index contributed by atoms with van der Waals surface area (Å²) in [5, 5.41) is 1.96. The Morgan fingerprint density at radius 1 is 1.10 bits per heavy atom. The number of hydrogen-bond acceptors (Lipinski definition) is 0. The molecule has 2 rings (SSSR count). The first kappa shape index (κ1) is 5.47. The second kappa shape index (κ2) is 1.84. The number of rotatable bonds is 0. The molecule has 50 valence electrons. The van der Waals surface area contributed by atoms with E-state index in [1.807, 2.05) is 6.20 Å². The molecule has 0 aliphatic rings. The summed E-state index contributed by atoms with van der Waals surface area (Å²) in [7, 11) is 0. The van der Waals surface area contributed by atoms with Crippen LogP contribution in [0.25, 0.3) is 10.8 Å². The first-order chi connectivity index (χ1) is 4.86. The number of aromatic nitrogens is 1. The molecule has 1 N–H and O–H groups in total. The third kappa shape index (κ3) is 0.692. The summed E-state index contributed by atoms with van der Waals surface area (Å²) in [5.74, 6) is -0.188. The lowest BCUT2D eigenvalue weighted by atomic mass is 10.2. The maximum Gasteiger partial charge on any atom is 0.123 e. The lowest BCUT2D eigenvalue weighted by molar-refractivity contribution is 0.630. The fourth-order valence-electron chi connectivity index (χ4n) is 1.02. The molecule has 10 heavy (non-hydrogen) atoms. The SMILES string of the molecule is Fc1ccc2c[nH]cc2c1. The molecule has 0 saturated carbocycles. The summed E-state index contributed by atoms with van der Waals surface area (Å²) in [5.41, 5.74) is 0. The second-order valence-corrected chi connectivity index (χ2v) is 2.23. The van der Waals surface area contributed by atoms with Gasteiger partial charge in [-0.15, -0.1) is 0 Å². The number of nitrogens with one attached hydrogen (secondary N) is 1. The van der Waals surface area contributed by atoms with Gasteiger partial charge in [-0.25, -0.2) is 4.39 Å². The molecule has 0 aliphatic carbocycles. The minimum absolute atomic E-state index is 0.188. The highest BCUT2D eigenvalue weighted by Crippen LogP contribution is 2.13. The normalized spacial score (nSPS) is 10.5. The van der Waals surface area contributed by atoms with E-state index in [2.05, 4.69) is 4.98 Å². The minimum Gasteiger partial charge on any atom is -0.366 e. The summed E-state index contributed by atoms with van der Waals surface area (Å²) < 4.78 is 12.5. The van der Waals surface area contributed by atoms with Gasteiger partial charge in [0.05, 0.1) is 0 Å². The zero-order valence-corrected chi connectivity index (χ0v) is 5.26. The molecule has 0 aliphatic heterocycles. The summed E-state index contributed by atoms with van der Waals surface area (Å²) in [6.45, 7) is 0. The van der Waals surface area contributed by atoms with Gasteiger partial charge in [0.1, 0.15) is 5.82 Å². The smallest absolute Gasteiger partial charge is 0.123 e. The summed E-state index contributed by atoms with van der Waals surface area (Å²) in [6, 6.07) is 4.71. The van der Waals surface area contributed by atoms with Crippen LogP contribution in [0.3, 0.4) is 0 Å². The number of halogens is 1. The van der Waals surface area contributed by atoms with Crippen molar-refractivity contribution in [2.45, 2.75) is 0 Å². The number of aromatic amines is 1. The average molecular weight is 135 g/mol. The molecule has 1 aromatic heterocycles. The Morgan fingerprint density at radius 3 is 2.80 bits per heavy atom. The molecule has 1 nitrogen and oxygen atoms in total. The van der Waals surface area contributed by atoms with Crippen molar-refractivity contribution < 1.29 is 4.39 Å². The Morgan fingerprint density at radius 2 is 1.90 bits per heavy atom. The molecule has 0 bridgehead atoms. The molecule has 0 atom stereocenters. The Bertz CT molecular complexity index is 351. The first-order valence-electron chi connectivity index (χ1n) is 3.08. The van der Waals surface area contributed by atoms with Gasteiger partial charge in [-0.05, 0) is 23.6 Å². The van der Waals surface area contributed by atoms with Crippen LogP contribution in [-0.4, -0.2) is 4.98 Å². The molecule has 0 fully saturated rings. The quantitative estimate of drug-likeness (QED) is 0.570. The predicted molar refractivity (Wildman–Crippen MR) is 38.3 cm³/mol. The number of H-pyrrole nitrogens is 1. The van der Waals surface area contributed by atoms with Crippen molar-refractivity contribution >= 4 is 10.8 Å². The topological polar surface area (TPSA) is 15.8 Å². The molecule has 0 spiro atoms. The zero-order valence-electron chi connectivity index (χ0n) is 5.26. The van der Waals surface area contributed by atoms with Gasteiger partial charge >= 0.3 is 0 Å². The molecule has 2 aromatic rings. The van der Waals surface area contributed by atoms with E-state index in [1.165, 1.54) is 12.1 Å². The maximum absolute atomic E-state index is 12.5. The Kier molecular flexibility index (Phi) is 1.01. The van der Waals surface area contributed by atoms with E-state index < -0.39 is 0 Å². The number of hydrogen-bond donors (Lipinski definition) is 1. The van der Waals surface area contributed by atoms with E-state index in [0.717, 1.165) is 10.8 Å². The van der Waals surface area contributed by atoms with E-state index >= 15 is 0 Å². The lowest BCUT2D eigenvalue weighted by Crippen LogP contribution is -1.68. The van der Waals surface area contributed by atoms with Crippen LogP contribution < -0.4 is 0 Å². The molecule has 0 unspecified atom stereocenters. The van der Waals surface area contributed by atoms with Gasteiger partial charge in [0, 0.05) is 17.8 Å². The Balaban J connectivity index is 2.86. The molecule has 2 heteroatoms. The van der Waals surface area contributed by atoms with Gasteiger partial charge in [-0.1, -0.05) is 0 Å². The summed E-state index contributed by atoms with van der Waals surface area (Å²) in [4.78, 5) is 2.90. The van der Waals surface area contributed by atoms with E-state index in [4.69, 9.17) is 0 Å².